The molecule has 1 aromatic heterocycles. The van der Waals surface area contributed by atoms with Gasteiger partial charge in [-0.3, -0.25) is 4.57 Å². The zero-order chi connectivity index (χ0) is 19.8. The molecule has 0 bridgehead atoms. The van der Waals surface area contributed by atoms with Crippen LogP contribution >= 0.6 is 0 Å². The second-order valence-corrected chi connectivity index (χ2v) is 13.0. The summed E-state index contributed by atoms with van der Waals surface area (Å²) in [5.41, 5.74) is 3.68. The monoisotopic (exact) mass is 384 g/mol. The number of anilines is 1. The third-order valence-corrected chi connectivity index (χ3v) is 9.86. The number of ether oxygens (including phenoxy) is 1. The Bertz CT molecular complexity index is 717. The molecule has 1 fully saturated rings. The maximum atomic E-state index is 12.1. The van der Waals surface area contributed by atoms with Crippen LogP contribution in [0.2, 0.25) is 18.1 Å². The Kier molecular flexibility index (Phi) is 5.71. The summed E-state index contributed by atoms with van der Waals surface area (Å²) >= 11 is 0. The maximum Gasteiger partial charge on any atom is 0.351 e. The van der Waals surface area contributed by atoms with E-state index >= 15 is 0 Å². The van der Waals surface area contributed by atoms with Gasteiger partial charge in [-0.1, -0.05) is 25.9 Å². The van der Waals surface area contributed by atoms with Crippen molar-refractivity contribution in [3.63, 3.8) is 0 Å². The van der Waals surface area contributed by atoms with E-state index in [4.69, 9.17) is 14.9 Å². The van der Waals surface area contributed by atoms with Crippen LogP contribution in [0.3, 0.4) is 0 Å². The van der Waals surface area contributed by atoms with E-state index in [1.54, 1.807) is 0 Å². The van der Waals surface area contributed by atoms with Crippen molar-refractivity contribution in [2.24, 2.45) is 5.18 Å². The van der Waals surface area contributed by atoms with Crippen molar-refractivity contribution in [3.8, 4) is 0 Å². The molecule has 146 valence electrons. The highest BCUT2D eigenvalue weighted by Crippen LogP contribution is 2.44. The smallest absolute Gasteiger partial charge is 0.351 e. The van der Waals surface area contributed by atoms with Gasteiger partial charge >= 0.3 is 5.69 Å². The van der Waals surface area contributed by atoms with E-state index in [2.05, 4.69) is 44.0 Å². The van der Waals surface area contributed by atoms with E-state index in [-0.39, 0.29) is 17.4 Å². The first-order valence-corrected chi connectivity index (χ1v) is 11.5. The molecule has 2 heterocycles. The number of rotatable bonds is 6. The topological polar surface area (TPSA) is 129 Å². The van der Waals surface area contributed by atoms with Gasteiger partial charge in [0.05, 0.1) is 12.7 Å². The van der Waals surface area contributed by atoms with Crippen LogP contribution < -0.4 is 11.4 Å². The standard InChI is InChI=1S/C16H28N4O5Si/c1-15(2,3)26(4,5)25-11-8-13(24-16(11,10-21)9-18-23)20-7-6-12(17)19-14(20)22/h6-7,11,13,21H,8-10H2,1-5H3,(H2,17,19,22)/t11?,13-,16-/m1/s1. The Balaban J connectivity index is 2.38. The molecule has 1 saturated heterocycles. The fourth-order valence-electron chi connectivity index (χ4n) is 2.73. The zero-order valence-corrected chi connectivity index (χ0v) is 16.9. The van der Waals surface area contributed by atoms with Crippen molar-refractivity contribution < 1.29 is 14.3 Å². The summed E-state index contributed by atoms with van der Waals surface area (Å²) in [5, 5.41) is 12.9. The summed E-state index contributed by atoms with van der Waals surface area (Å²) in [6.45, 7) is 9.74. The van der Waals surface area contributed by atoms with Gasteiger partial charge in [0.1, 0.15) is 24.2 Å². The highest BCUT2D eigenvalue weighted by molar-refractivity contribution is 6.74. The van der Waals surface area contributed by atoms with Gasteiger partial charge in [0.15, 0.2) is 8.32 Å². The lowest BCUT2D eigenvalue weighted by Gasteiger charge is -2.41. The largest absolute Gasteiger partial charge is 0.411 e. The molecule has 3 atom stereocenters. The fourth-order valence-corrected chi connectivity index (χ4v) is 4.11. The molecule has 0 spiro atoms. The molecule has 0 aliphatic carbocycles. The van der Waals surface area contributed by atoms with Crippen molar-refractivity contribution in [3.05, 3.63) is 27.7 Å². The van der Waals surface area contributed by atoms with E-state index < -0.39 is 38.5 Å². The number of aliphatic hydroxyl groups is 1. The first kappa shape index (κ1) is 20.7. The quantitative estimate of drug-likeness (QED) is 0.563. The normalized spacial score (nSPS) is 26.8. The number of nitrogens with zero attached hydrogens (tertiary/aromatic N) is 3. The minimum atomic E-state index is -2.21. The summed E-state index contributed by atoms with van der Waals surface area (Å²) < 4.78 is 13.7. The van der Waals surface area contributed by atoms with Crippen LogP contribution in [0.5, 0.6) is 0 Å². The number of hydrogen-bond acceptors (Lipinski definition) is 8. The first-order valence-electron chi connectivity index (χ1n) is 8.56. The maximum absolute atomic E-state index is 12.1. The van der Waals surface area contributed by atoms with Gasteiger partial charge in [0.25, 0.3) is 0 Å². The summed E-state index contributed by atoms with van der Waals surface area (Å²) in [6.07, 6.45) is 0.494. The predicted octanol–water partition coefficient (Wildman–Crippen LogP) is 1.63. The van der Waals surface area contributed by atoms with Crippen molar-refractivity contribution >= 4 is 14.1 Å². The molecule has 1 aliphatic heterocycles. The van der Waals surface area contributed by atoms with Gasteiger partial charge in [-0.25, -0.2) is 4.79 Å². The second kappa shape index (κ2) is 7.18. The summed E-state index contributed by atoms with van der Waals surface area (Å²) in [4.78, 5) is 26.9. The molecule has 10 heteroatoms. The van der Waals surface area contributed by atoms with Crippen molar-refractivity contribution in [1.29, 1.82) is 0 Å². The summed E-state index contributed by atoms with van der Waals surface area (Å²) in [5.74, 6) is 0.112. The molecule has 9 nitrogen and oxygen atoms in total. The van der Waals surface area contributed by atoms with E-state index in [1.165, 1.54) is 16.8 Å². The Morgan fingerprint density at radius 3 is 2.69 bits per heavy atom. The molecule has 0 radical (unpaired) electrons. The van der Waals surface area contributed by atoms with Crippen LogP contribution in [0.25, 0.3) is 0 Å². The molecule has 0 aromatic carbocycles. The molecule has 1 aliphatic rings. The van der Waals surface area contributed by atoms with Crippen LogP contribution in [0.15, 0.2) is 22.2 Å². The van der Waals surface area contributed by atoms with E-state index in [0.717, 1.165) is 0 Å². The molecule has 0 saturated carbocycles. The third kappa shape index (κ3) is 3.87. The number of nitroso groups, excluding NO2 is 1. The SMILES string of the molecule is CC(C)(C)[Si](C)(C)OC1C[C@H](n2ccc(N)nc2=O)O[C@@]1(CO)CN=O. The molecule has 1 unspecified atom stereocenters. The van der Waals surface area contributed by atoms with Gasteiger partial charge in [-0.05, 0) is 24.2 Å². The molecule has 1 aromatic rings. The molecule has 2 rings (SSSR count). The van der Waals surface area contributed by atoms with Crippen LogP contribution in [0.1, 0.15) is 33.4 Å². The number of nitrogens with two attached hydrogens (primary N) is 1. The Labute approximate surface area is 153 Å². The zero-order valence-electron chi connectivity index (χ0n) is 15.9. The Morgan fingerprint density at radius 2 is 2.19 bits per heavy atom. The second-order valence-electron chi connectivity index (χ2n) is 8.23. The van der Waals surface area contributed by atoms with Crippen LogP contribution in [0.4, 0.5) is 5.82 Å². The van der Waals surface area contributed by atoms with Crippen LogP contribution in [-0.4, -0.2) is 47.8 Å². The lowest BCUT2D eigenvalue weighted by Crippen LogP contribution is -2.53. The lowest BCUT2D eigenvalue weighted by molar-refractivity contribution is -0.119. The lowest BCUT2D eigenvalue weighted by atomic mass is 9.98. The highest BCUT2D eigenvalue weighted by atomic mass is 28.4. The Hall–Kier alpha value is -1.62. The van der Waals surface area contributed by atoms with Crippen molar-refractivity contribution in [2.45, 2.75) is 63.3 Å². The van der Waals surface area contributed by atoms with Gasteiger partial charge in [0.2, 0.25) is 0 Å². The van der Waals surface area contributed by atoms with Gasteiger partial charge in [-0.2, -0.15) is 9.89 Å². The number of aromatic nitrogens is 2. The van der Waals surface area contributed by atoms with E-state index in [9.17, 15) is 14.8 Å². The van der Waals surface area contributed by atoms with Crippen LogP contribution in [0, 0.1) is 4.91 Å². The highest BCUT2D eigenvalue weighted by Gasteiger charge is 2.54. The van der Waals surface area contributed by atoms with Crippen molar-refractivity contribution in [2.75, 3.05) is 18.9 Å². The van der Waals surface area contributed by atoms with Gasteiger partial charge in [-0.15, -0.1) is 0 Å². The first-order chi connectivity index (χ1) is 12.0. The summed E-state index contributed by atoms with van der Waals surface area (Å²) in [7, 11) is -2.21. The van der Waals surface area contributed by atoms with Gasteiger partial charge in [0, 0.05) is 12.6 Å². The van der Waals surface area contributed by atoms with Crippen LogP contribution in [-0.2, 0) is 9.16 Å². The number of hydrogen-bond donors (Lipinski definition) is 2. The summed E-state index contributed by atoms with van der Waals surface area (Å²) in [6, 6.07) is 1.49. The molecule has 26 heavy (non-hydrogen) atoms. The van der Waals surface area contributed by atoms with E-state index in [0.29, 0.717) is 6.42 Å². The molecular weight excluding hydrogens is 356 g/mol. The number of aliphatic hydroxyl groups excluding tert-OH is 1. The predicted molar refractivity (Wildman–Crippen MR) is 100 cm³/mol. The average Bonchev–Trinajstić information content (AvgIpc) is 2.84. The average molecular weight is 385 g/mol. The minimum absolute atomic E-state index is 0.0690. The minimum Gasteiger partial charge on any atom is -0.411 e. The van der Waals surface area contributed by atoms with Gasteiger partial charge < -0.3 is 20.0 Å². The number of nitrogen functional groups attached to an aromatic ring is 1. The molecular formula is C16H28N4O5Si. The van der Waals surface area contributed by atoms with E-state index in [1.807, 2.05) is 0 Å². The Morgan fingerprint density at radius 1 is 1.54 bits per heavy atom. The van der Waals surface area contributed by atoms with Crippen molar-refractivity contribution in [1.82, 2.24) is 9.55 Å². The third-order valence-electron chi connectivity index (χ3n) is 5.38. The molecule has 0 amide bonds. The fraction of sp³-hybridized carbons (Fsp3) is 0.750. The molecule has 3 N–H and O–H groups in total.